The monoisotopic (exact) mass is 365 g/mol. The molecule has 0 fully saturated rings. The molecule has 0 saturated carbocycles. The van der Waals surface area contributed by atoms with Crippen molar-refractivity contribution in [2.45, 2.75) is 19.3 Å². The molecule has 3 aromatic rings. The van der Waals surface area contributed by atoms with Gasteiger partial charge in [0.2, 0.25) is 0 Å². The van der Waals surface area contributed by atoms with Gasteiger partial charge in [0.15, 0.2) is 5.78 Å². The first-order chi connectivity index (χ1) is 13.7. The fourth-order valence-corrected chi connectivity index (χ4v) is 3.86. The van der Waals surface area contributed by atoms with E-state index in [9.17, 15) is 4.79 Å². The second kappa shape index (κ2) is 8.10. The van der Waals surface area contributed by atoms with Crippen LogP contribution in [0.4, 0.5) is 5.69 Å². The third-order valence-electron chi connectivity index (χ3n) is 5.20. The van der Waals surface area contributed by atoms with Gasteiger partial charge < -0.3 is 5.32 Å². The minimum Gasteiger partial charge on any atom is -0.359 e. The maximum Gasteiger partial charge on any atom is 0.184 e. The van der Waals surface area contributed by atoms with Gasteiger partial charge in [-0.15, -0.1) is 0 Å². The van der Waals surface area contributed by atoms with E-state index in [-0.39, 0.29) is 11.7 Å². The van der Waals surface area contributed by atoms with Crippen molar-refractivity contribution in [3.05, 3.63) is 119 Å². The van der Waals surface area contributed by atoms with Gasteiger partial charge >= 0.3 is 0 Å². The summed E-state index contributed by atoms with van der Waals surface area (Å²) in [6.45, 7) is 2.00. The SMILES string of the molecule is CC(Nc1ccccc1)=C1C(=O)C=C(c2ccccc2)C[C@@H]1c1ccccc1. The number of ketones is 1. The van der Waals surface area contributed by atoms with E-state index in [2.05, 4.69) is 29.6 Å². The minimum absolute atomic E-state index is 0.0325. The molecule has 0 amide bonds. The van der Waals surface area contributed by atoms with Crippen molar-refractivity contribution >= 4 is 17.0 Å². The second-order valence-corrected chi connectivity index (χ2v) is 7.10. The lowest BCUT2D eigenvalue weighted by Crippen LogP contribution is -2.20. The highest BCUT2D eigenvalue weighted by Crippen LogP contribution is 2.40. The molecule has 0 unspecified atom stereocenters. The van der Waals surface area contributed by atoms with E-state index in [0.29, 0.717) is 0 Å². The summed E-state index contributed by atoms with van der Waals surface area (Å²) < 4.78 is 0. The number of para-hydroxylation sites is 1. The molecule has 0 aliphatic heterocycles. The molecule has 1 atom stereocenters. The third-order valence-corrected chi connectivity index (χ3v) is 5.20. The van der Waals surface area contributed by atoms with Crippen molar-refractivity contribution < 1.29 is 4.79 Å². The zero-order chi connectivity index (χ0) is 19.3. The summed E-state index contributed by atoms with van der Waals surface area (Å²) in [7, 11) is 0. The maximum absolute atomic E-state index is 13.2. The number of rotatable bonds is 4. The van der Waals surface area contributed by atoms with Gasteiger partial charge in [-0.3, -0.25) is 4.79 Å². The molecular weight excluding hydrogens is 342 g/mol. The van der Waals surface area contributed by atoms with Crippen molar-refractivity contribution in [3.63, 3.8) is 0 Å². The molecule has 2 nitrogen and oxygen atoms in total. The molecule has 0 heterocycles. The van der Waals surface area contributed by atoms with Crippen LogP contribution in [0.1, 0.15) is 30.4 Å². The summed E-state index contributed by atoms with van der Waals surface area (Å²) in [6.07, 6.45) is 2.61. The van der Waals surface area contributed by atoms with Crippen molar-refractivity contribution in [1.82, 2.24) is 0 Å². The standard InChI is InChI=1S/C26H23NO/c1-19(27-23-15-9-4-10-16-23)26-24(21-13-7-3-8-14-21)17-22(18-25(26)28)20-11-5-2-6-12-20/h2-16,18,24,27H,17H2,1H3/t24-/m1/s1. The van der Waals surface area contributed by atoms with Crippen LogP contribution < -0.4 is 5.32 Å². The van der Waals surface area contributed by atoms with E-state index >= 15 is 0 Å². The van der Waals surface area contributed by atoms with E-state index in [1.54, 1.807) is 6.08 Å². The Bertz CT molecular complexity index is 1020. The number of anilines is 1. The normalized spacial score (nSPS) is 18.4. The Morgan fingerprint density at radius 3 is 2.04 bits per heavy atom. The van der Waals surface area contributed by atoms with Gasteiger partial charge in [0, 0.05) is 22.9 Å². The highest BCUT2D eigenvalue weighted by molar-refractivity contribution is 6.11. The summed E-state index contributed by atoms with van der Waals surface area (Å²) in [5.74, 6) is 0.116. The molecule has 2 heteroatoms. The lowest BCUT2D eigenvalue weighted by Gasteiger charge is -2.28. The first-order valence-corrected chi connectivity index (χ1v) is 9.60. The quantitative estimate of drug-likeness (QED) is 0.557. The van der Waals surface area contributed by atoms with Crippen LogP contribution in [0.3, 0.4) is 0 Å². The van der Waals surface area contributed by atoms with Crippen LogP contribution in [0.25, 0.3) is 5.57 Å². The largest absolute Gasteiger partial charge is 0.359 e. The predicted molar refractivity (Wildman–Crippen MR) is 116 cm³/mol. The molecule has 138 valence electrons. The summed E-state index contributed by atoms with van der Waals surface area (Å²) in [5.41, 5.74) is 6.12. The second-order valence-electron chi connectivity index (χ2n) is 7.10. The molecule has 0 aromatic heterocycles. The maximum atomic E-state index is 13.2. The first-order valence-electron chi connectivity index (χ1n) is 9.60. The van der Waals surface area contributed by atoms with Gasteiger partial charge in [-0.05, 0) is 48.3 Å². The Hall–Kier alpha value is -3.39. The number of allylic oxidation sites excluding steroid dienone is 4. The number of carbonyl (C=O) groups excluding carboxylic acids is 1. The summed E-state index contributed by atoms with van der Waals surface area (Å²) in [4.78, 5) is 13.2. The predicted octanol–water partition coefficient (Wildman–Crippen LogP) is 6.21. The van der Waals surface area contributed by atoms with Crippen LogP contribution in [0, 0.1) is 0 Å². The van der Waals surface area contributed by atoms with Crippen LogP contribution in [0.2, 0.25) is 0 Å². The summed E-state index contributed by atoms with van der Waals surface area (Å²) in [6, 6.07) is 30.5. The molecule has 0 spiro atoms. The molecule has 3 aromatic carbocycles. The Morgan fingerprint density at radius 1 is 0.821 bits per heavy atom. The average molecular weight is 365 g/mol. The Morgan fingerprint density at radius 2 is 1.39 bits per heavy atom. The van der Waals surface area contributed by atoms with Crippen LogP contribution in [0.5, 0.6) is 0 Å². The molecule has 4 rings (SSSR count). The molecule has 1 N–H and O–H groups in total. The van der Waals surface area contributed by atoms with E-state index < -0.39 is 0 Å². The number of benzene rings is 3. The van der Waals surface area contributed by atoms with E-state index in [1.807, 2.05) is 73.7 Å². The minimum atomic E-state index is 0.0325. The Kier molecular flexibility index (Phi) is 5.20. The van der Waals surface area contributed by atoms with Crippen molar-refractivity contribution in [1.29, 1.82) is 0 Å². The molecule has 0 bridgehead atoms. The van der Waals surface area contributed by atoms with Crippen LogP contribution in [-0.2, 0) is 4.79 Å². The first kappa shape index (κ1) is 18.0. The highest BCUT2D eigenvalue weighted by Gasteiger charge is 2.30. The van der Waals surface area contributed by atoms with Gasteiger partial charge in [-0.1, -0.05) is 78.9 Å². The number of nitrogens with one attached hydrogen (secondary N) is 1. The fraction of sp³-hybridized carbons (Fsp3) is 0.115. The van der Waals surface area contributed by atoms with Gasteiger partial charge in [0.05, 0.1) is 0 Å². The molecule has 28 heavy (non-hydrogen) atoms. The molecule has 0 radical (unpaired) electrons. The zero-order valence-corrected chi connectivity index (χ0v) is 15.9. The Balaban J connectivity index is 1.77. The van der Waals surface area contributed by atoms with Crippen LogP contribution >= 0.6 is 0 Å². The van der Waals surface area contributed by atoms with Crippen molar-refractivity contribution in [2.75, 3.05) is 5.32 Å². The van der Waals surface area contributed by atoms with Gasteiger partial charge in [-0.2, -0.15) is 0 Å². The van der Waals surface area contributed by atoms with Gasteiger partial charge in [-0.25, -0.2) is 0 Å². The van der Waals surface area contributed by atoms with E-state index in [4.69, 9.17) is 0 Å². The fourth-order valence-electron chi connectivity index (χ4n) is 3.86. The summed E-state index contributed by atoms with van der Waals surface area (Å²) >= 11 is 0. The lowest BCUT2D eigenvalue weighted by molar-refractivity contribution is -0.111. The van der Waals surface area contributed by atoms with Crippen molar-refractivity contribution in [3.8, 4) is 0 Å². The topological polar surface area (TPSA) is 29.1 Å². The highest BCUT2D eigenvalue weighted by atomic mass is 16.1. The Labute approximate surface area is 166 Å². The number of carbonyl (C=O) groups is 1. The molecule has 1 aliphatic rings. The molecular formula is C26H23NO. The molecule has 1 aliphatic carbocycles. The third kappa shape index (κ3) is 3.81. The van der Waals surface area contributed by atoms with Crippen LogP contribution in [0.15, 0.2) is 108 Å². The smallest absolute Gasteiger partial charge is 0.184 e. The van der Waals surface area contributed by atoms with Crippen LogP contribution in [-0.4, -0.2) is 5.78 Å². The zero-order valence-electron chi connectivity index (χ0n) is 15.9. The van der Waals surface area contributed by atoms with E-state index in [1.165, 1.54) is 5.56 Å². The molecule has 0 saturated heterocycles. The summed E-state index contributed by atoms with van der Waals surface area (Å²) in [5, 5.41) is 3.43. The number of hydrogen-bond acceptors (Lipinski definition) is 2. The van der Waals surface area contributed by atoms with Gasteiger partial charge in [0.25, 0.3) is 0 Å². The van der Waals surface area contributed by atoms with Crippen molar-refractivity contribution in [2.24, 2.45) is 0 Å². The van der Waals surface area contributed by atoms with E-state index in [0.717, 1.165) is 34.5 Å². The lowest BCUT2D eigenvalue weighted by atomic mass is 9.76. The average Bonchev–Trinajstić information content (AvgIpc) is 2.75. The van der Waals surface area contributed by atoms with Gasteiger partial charge in [0.1, 0.15) is 0 Å². The number of hydrogen-bond donors (Lipinski definition) is 1.